The van der Waals surface area contributed by atoms with E-state index in [4.69, 9.17) is 4.74 Å². The highest BCUT2D eigenvalue weighted by atomic mass is 16.5. The Morgan fingerprint density at radius 3 is 2.08 bits per heavy atom. The molecule has 0 radical (unpaired) electrons. The van der Waals surface area contributed by atoms with Gasteiger partial charge in [-0.3, -0.25) is 4.79 Å². The third kappa shape index (κ3) is 5.76. The molecule has 2 N–H and O–H groups in total. The fourth-order valence-electron chi connectivity index (χ4n) is 2.48. The molecular weight excluding hydrogens is 324 g/mol. The van der Waals surface area contributed by atoms with Crippen LogP contribution in [-0.4, -0.2) is 12.5 Å². The molecule has 0 fully saturated rings. The number of rotatable bonds is 8. The molecule has 132 valence electrons. The maximum atomic E-state index is 12.0. The number of nitrogens with one attached hydrogen (secondary N) is 2. The minimum absolute atomic E-state index is 0.0118. The molecule has 0 bridgehead atoms. The number of para-hydroxylation sites is 1. The van der Waals surface area contributed by atoms with E-state index in [-0.39, 0.29) is 5.91 Å². The Morgan fingerprint density at radius 1 is 0.769 bits per heavy atom. The van der Waals surface area contributed by atoms with E-state index in [9.17, 15) is 4.79 Å². The van der Waals surface area contributed by atoms with Crippen molar-refractivity contribution < 1.29 is 9.53 Å². The number of hydrogen-bond acceptors (Lipinski definition) is 3. The highest BCUT2D eigenvalue weighted by molar-refractivity contribution is 5.90. The molecule has 0 atom stereocenters. The molecule has 0 saturated carbocycles. The summed E-state index contributed by atoms with van der Waals surface area (Å²) in [6.45, 7) is 1.40. The molecule has 0 heterocycles. The lowest BCUT2D eigenvalue weighted by atomic mass is 10.2. The summed E-state index contributed by atoms with van der Waals surface area (Å²) < 4.78 is 5.74. The smallest absolute Gasteiger partial charge is 0.225 e. The van der Waals surface area contributed by atoms with Gasteiger partial charge in [-0.1, -0.05) is 48.5 Å². The van der Waals surface area contributed by atoms with E-state index < -0.39 is 0 Å². The summed E-state index contributed by atoms with van der Waals surface area (Å²) in [5.74, 6) is 1.51. The zero-order valence-electron chi connectivity index (χ0n) is 14.5. The van der Waals surface area contributed by atoms with Crippen LogP contribution < -0.4 is 15.4 Å². The molecule has 0 unspecified atom stereocenters. The van der Waals surface area contributed by atoms with Crippen molar-refractivity contribution in [3.63, 3.8) is 0 Å². The molecular formula is C22H22N2O2. The average Bonchev–Trinajstić information content (AvgIpc) is 2.68. The standard InChI is InChI=1S/C22H22N2O2/c25-22(15-16-23-17-18-7-3-1-4-8-18)24-19-11-13-21(14-12-19)26-20-9-5-2-6-10-20/h1-14,23H,15-17H2,(H,24,25). The van der Waals surface area contributed by atoms with Gasteiger partial charge in [-0.2, -0.15) is 0 Å². The Hall–Kier alpha value is -3.11. The number of hydrogen-bond donors (Lipinski definition) is 2. The molecule has 3 rings (SSSR count). The summed E-state index contributed by atoms with van der Waals surface area (Å²) in [5.41, 5.74) is 1.97. The molecule has 0 spiro atoms. The normalized spacial score (nSPS) is 10.3. The number of amides is 1. The van der Waals surface area contributed by atoms with Gasteiger partial charge in [0.1, 0.15) is 11.5 Å². The lowest BCUT2D eigenvalue weighted by Gasteiger charge is -2.09. The SMILES string of the molecule is O=C(CCNCc1ccccc1)Nc1ccc(Oc2ccccc2)cc1. The van der Waals surface area contributed by atoms with E-state index in [0.717, 1.165) is 23.7 Å². The molecule has 26 heavy (non-hydrogen) atoms. The van der Waals surface area contributed by atoms with E-state index in [2.05, 4.69) is 22.8 Å². The molecule has 1 amide bonds. The monoisotopic (exact) mass is 346 g/mol. The van der Waals surface area contributed by atoms with Gasteiger partial charge >= 0.3 is 0 Å². The van der Waals surface area contributed by atoms with Crippen molar-refractivity contribution in [3.05, 3.63) is 90.5 Å². The molecule has 0 aliphatic rings. The molecule has 0 aliphatic heterocycles. The zero-order chi connectivity index (χ0) is 18.0. The number of benzene rings is 3. The number of ether oxygens (including phenoxy) is 1. The fraction of sp³-hybridized carbons (Fsp3) is 0.136. The van der Waals surface area contributed by atoms with Gasteiger partial charge in [-0.15, -0.1) is 0 Å². The maximum absolute atomic E-state index is 12.0. The van der Waals surface area contributed by atoms with Crippen LogP contribution in [0.25, 0.3) is 0 Å². The fourth-order valence-corrected chi connectivity index (χ4v) is 2.48. The van der Waals surface area contributed by atoms with Gasteiger partial charge in [-0.25, -0.2) is 0 Å². The average molecular weight is 346 g/mol. The lowest BCUT2D eigenvalue weighted by Crippen LogP contribution is -2.21. The van der Waals surface area contributed by atoms with E-state index in [1.165, 1.54) is 5.56 Å². The minimum atomic E-state index is -0.0118. The molecule has 3 aromatic rings. The maximum Gasteiger partial charge on any atom is 0.225 e. The van der Waals surface area contributed by atoms with Crippen molar-refractivity contribution in [1.82, 2.24) is 5.32 Å². The number of carbonyl (C=O) groups is 1. The Labute approximate surface area is 153 Å². The lowest BCUT2D eigenvalue weighted by molar-refractivity contribution is -0.116. The van der Waals surface area contributed by atoms with Gasteiger partial charge in [0.05, 0.1) is 0 Å². The van der Waals surface area contributed by atoms with Crippen LogP contribution in [0.15, 0.2) is 84.9 Å². The van der Waals surface area contributed by atoms with Crippen LogP contribution in [0.3, 0.4) is 0 Å². The molecule has 0 aromatic heterocycles. The first-order valence-electron chi connectivity index (χ1n) is 8.67. The van der Waals surface area contributed by atoms with Crippen molar-refractivity contribution in [2.45, 2.75) is 13.0 Å². The largest absolute Gasteiger partial charge is 0.457 e. The van der Waals surface area contributed by atoms with Crippen LogP contribution in [-0.2, 0) is 11.3 Å². The first-order valence-corrected chi connectivity index (χ1v) is 8.67. The first-order chi connectivity index (χ1) is 12.8. The second-order valence-electron chi connectivity index (χ2n) is 5.90. The van der Waals surface area contributed by atoms with Gasteiger partial charge in [-0.05, 0) is 42.0 Å². The van der Waals surface area contributed by atoms with E-state index in [1.807, 2.05) is 72.8 Å². The van der Waals surface area contributed by atoms with Crippen LogP contribution in [0.4, 0.5) is 5.69 Å². The van der Waals surface area contributed by atoms with Gasteiger partial charge in [0.25, 0.3) is 0 Å². The topological polar surface area (TPSA) is 50.4 Å². The van der Waals surface area contributed by atoms with Crippen LogP contribution in [0, 0.1) is 0 Å². The predicted octanol–water partition coefficient (Wildman–Crippen LogP) is 4.60. The predicted molar refractivity (Wildman–Crippen MR) is 104 cm³/mol. The second-order valence-corrected chi connectivity index (χ2v) is 5.90. The van der Waals surface area contributed by atoms with Crippen molar-refractivity contribution in [2.24, 2.45) is 0 Å². The van der Waals surface area contributed by atoms with E-state index in [0.29, 0.717) is 13.0 Å². The van der Waals surface area contributed by atoms with Crippen molar-refractivity contribution in [1.29, 1.82) is 0 Å². The van der Waals surface area contributed by atoms with Crippen molar-refractivity contribution >= 4 is 11.6 Å². The Morgan fingerprint density at radius 2 is 1.38 bits per heavy atom. The number of carbonyl (C=O) groups excluding carboxylic acids is 1. The van der Waals surface area contributed by atoms with Crippen molar-refractivity contribution in [2.75, 3.05) is 11.9 Å². The molecule has 0 saturated heterocycles. The highest BCUT2D eigenvalue weighted by Crippen LogP contribution is 2.22. The van der Waals surface area contributed by atoms with Crippen molar-refractivity contribution in [3.8, 4) is 11.5 Å². The third-order valence-electron chi connectivity index (χ3n) is 3.82. The Bertz CT molecular complexity index is 803. The quantitative estimate of drug-likeness (QED) is 0.586. The minimum Gasteiger partial charge on any atom is -0.457 e. The highest BCUT2D eigenvalue weighted by Gasteiger charge is 2.03. The Kier molecular flexibility index (Phi) is 6.40. The Balaban J connectivity index is 1.40. The third-order valence-corrected chi connectivity index (χ3v) is 3.82. The summed E-state index contributed by atoms with van der Waals surface area (Å²) in [6.07, 6.45) is 0.426. The summed E-state index contributed by atoms with van der Waals surface area (Å²) in [4.78, 5) is 12.0. The van der Waals surface area contributed by atoms with Crippen LogP contribution >= 0.6 is 0 Å². The van der Waals surface area contributed by atoms with Gasteiger partial charge in [0.2, 0.25) is 5.91 Å². The van der Waals surface area contributed by atoms with E-state index >= 15 is 0 Å². The molecule has 4 nitrogen and oxygen atoms in total. The number of anilines is 1. The van der Waals surface area contributed by atoms with E-state index in [1.54, 1.807) is 0 Å². The summed E-state index contributed by atoms with van der Waals surface area (Å²) in [7, 11) is 0. The molecule has 3 aromatic carbocycles. The summed E-state index contributed by atoms with van der Waals surface area (Å²) in [6, 6.07) is 27.1. The van der Waals surface area contributed by atoms with Gasteiger partial charge in [0.15, 0.2) is 0 Å². The second kappa shape index (κ2) is 9.39. The van der Waals surface area contributed by atoms with Crippen LogP contribution in [0.1, 0.15) is 12.0 Å². The zero-order valence-corrected chi connectivity index (χ0v) is 14.5. The van der Waals surface area contributed by atoms with Crippen LogP contribution in [0.2, 0.25) is 0 Å². The van der Waals surface area contributed by atoms with Gasteiger partial charge < -0.3 is 15.4 Å². The summed E-state index contributed by atoms with van der Waals surface area (Å²) >= 11 is 0. The van der Waals surface area contributed by atoms with Gasteiger partial charge in [0, 0.05) is 25.2 Å². The molecule has 0 aliphatic carbocycles. The summed E-state index contributed by atoms with van der Waals surface area (Å²) in [5, 5.41) is 6.17. The van der Waals surface area contributed by atoms with Crippen LogP contribution in [0.5, 0.6) is 11.5 Å². The molecule has 4 heteroatoms. The first kappa shape index (κ1) is 17.7.